The lowest BCUT2D eigenvalue weighted by molar-refractivity contribution is 0.0946. The van der Waals surface area contributed by atoms with Crippen molar-refractivity contribution in [1.82, 2.24) is 15.5 Å². The Balaban J connectivity index is 1.65. The van der Waals surface area contributed by atoms with Gasteiger partial charge in [-0.3, -0.25) is 9.52 Å². The maximum absolute atomic E-state index is 12.3. The Morgan fingerprint density at radius 3 is 2.47 bits per heavy atom. The van der Waals surface area contributed by atoms with Gasteiger partial charge in [-0.25, -0.2) is 8.42 Å². The van der Waals surface area contributed by atoms with Crippen molar-refractivity contribution in [2.45, 2.75) is 6.54 Å². The average Bonchev–Trinajstić information content (AvgIpc) is 3.19. The van der Waals surface area contributed by atoms with Gasteiger partial charge in [0.1, 0.15) is 11.5 Å². The van der Waals surface area contributed by atoms with E-state index in [0.29, 0.717) is 34.1 Å². The highest BCUT2D eigenvalue weighted by Crippen LogP contribution is 2.31. The minimum Gasteiger partial charge on any atom is -0.497 e. The van der Waals surface area contributed by atoms with E-state index in [-0.39, 0.29) is 18.3 Å². The Morgan fingerprint density at radius 1 is 1.10 bits per heavy atom. The molecule has 0 fully saturated rings. The van der Waals surface area contributed by atoms with Crippen LogP contribution in [0, 0.1) is 0 Å². The summed E-state index contributed by atoms with van der Waals surface area (Å²) in [6, 6.07) is 11.2. The van der Waals surface area contributed by atoms with Crippen molar-refractivity contribution < 1.29 is 27.2 Å². The highest BCUT2D eigenvalue weighted by atomic mass is 32.2. The van der Waals surface area contributed by atoms with E-state index in [0.717, 1.165) is 6.26 Å². The molecule has 0 aliphatic rings. The van der Waals surface area contributed by atoms with Crippen molar-refractivity contribution in [2.75, 3.05) is 25.2 Å². The molecule has 0 aliphatic carbocycles. The smallest absolute Gasteiger partial charge is 0.251 e. The third-order valence-electron chi connectivity index (χ3n) is 3.97. The molecule has 30 heavy (non-hydrogen) atoms. The molecule has 0 unspecified atom stereocenters. The summed E-state index contributed by atoms with van der Waals surface area (Å²) in [5.41, 5.74) is 1.34. The maximum atomic E-state index is 12.3. The Morgan fingerprint density at radius 2 is 1.83 bits per heavy atom. The number of carbonyl (C=O) groups excluding carboxylic acids is 1. The zero-order valence-electron chi connectivity index (χ0n) is 16.5. The first-order valence-corrected chi connectivity index (χ1v) is 10.6. The SMILES string of the molecule is COc1ccc(-c2noc(CNC(=O)c3ccc(NS(C)(=O)=O)cc3)n2)c(OC)c1. The fourth-order valence-electron chi connectivity index (χ4n) is 2.58. The lowest BCUT2D eigenvalue weighted by Crippen LogP contribution is -2.23. The van der Waals surface area contributed by atoms with Crippen LogP contribution in [0.1, 0.15) is 16.2 Å². The van der Waals surface area contributed by atoms with E-state index in [2.05, 4.69) is 20.2 Å². The monoisotopic (exact) mass is 432 g/mol. The second-order valence-corrected chi connectivity index (χ2v) is 7.96. The summed E-state index contributed by atoms with van der Waals surface area (Å²) in [5.74, 6) is 1.31. The van der Waals surface area contributed by atoms with Crippen molar-refractivity contribution in [3.05, 3.63) is 53.9 Å². The summed E-state index contributed by atoms with van der Waals surface area (Å²) < 4.78 is 40.5. The van der Waals surface area contributed by atoms with Crippen LogP contribution in [-0.2, 0) is 16.6 Å². The van der Waals surface area contributed by atoms with E-state index in [1.807, 2.05) is 0 Å². The molecular weight excluding hydrogens is 412 g/mol. The number of nitrogens with one attached hydrogen (secondary N) is 2. The first-order chi connectivity index (χ1) is 14.3. The van der Waals surface area contributed by atoms with Gasteiger partial charge in [0.15, 0.2) is 0 Å². The van der Waals surface area contributed by atoms with E-state index in [9.17, 15) is 13.2 Å². The molecule has 0 saturated carbocycles. The third-order valence-corrected chi connectivity index (χ3v) is 4.57. The first-order valence-electron chi connectivity index (χ1n) is 8.70. The van der Waals surface area contributed by atoms with Gasteiger partial charge in [0.2, 0.25) is 21.7 Å². The molecule has 158 valence electrons. The Kier molecular flexibility index (Phi) is 6.21. The van der Waals surface area contributed by atoms with Crippen molar-refractivity contribution in [3.63, 3.8) is 0 Å². The summed E-state index contributed by atoms with van der Waals surface area (Å²) in [6.07, 6.45) is 1.05. The van der Waals surface area contributed by atoms with Crippen LogP contribution in [0.2, 0.25) is 0 Å². The molecule has 11 heteroatoms. The molecule has 3 rings (SSSR count). The zero-order chi connectivity index (χ0) is 21.7. The molecule has 2 N–H and O–H groups in total. The summed E-state index contributed by atoms with van der Waals surface area (Å²) in [7, 11) is -0.301. The van der Waals surface area contributed by atoms with Crippen LogP contribution in [0.3, 0.4) is 0 Å². The van der Waals surface area contributed by atoms with Crippen molar-refractivity contribution in [2.24, 2.45) is 0 Å². The third kappa shape index (κ3) is 5.26. The number of ether oxygens (including phenoxy) is 2. The van der Waals surface area contributed by atoms with Crippen molar-refractivity contribution in [1.29, 1.82) is 0 Å². The van der Waals surface area contributed by atoms with Crippen LogP contribution in [0.15, 0.2) is 47.0 Å². The quantitative estimate of drug-likeness (QED) is 0.553. The number of nitrogens with zero attached hydrogens (tertiary/aromatic N) is 2. The molecule has 1 heterocycles. The van der Waals surface area contributed by atoms with E-state index in [1.54, 1.807) is 25.3 Å². The van der Waals surface area contributed by atoms with Gasteiger partial charge >= 0.3 is 0 Å². The number of hydrogen-bond acceptors (Lipinski definition) is 8. The molecule has 0 radical (unpaired) electrons. The van der Waals surface area contributed by atoms with Gasteiger partial charge in [0.25, 0.3) is 5.91 Å². The molecule has 1 amide bonds. The van der Waals surface area contributed by atoms with Gasteiger partial charge < -0.3 is 19.3 Å². The minimum atomic E-state index is -3.38. The van der Waals surface area contributed by atoms with Crippen LogP contribution in [0.25, 0.3) is 11.4 Å². The summed E-state index contributed by atoms with van der Waals surface area (Å²) in [6.45, 7) is 0.0215. The lowest BCUT2D eigenvalue weighted by Gasteiger charge is -2.07. The topological polar surface area (TPSA) is 133 Å². The molecule has 0 bridgehead atoms. The van der Waals surface area contributed by atoms with Crippen LogP contribution in [0.5, 0.6) is 11.5 Å². The predicted octanol–water partition coefficient (Wildman–Crippen LogP) is 2.06. The number of aromatic nitrogens is 2. The number of methoxy groups -OCH3 is 2. The number of sulfonamides is 1. The van der Waals surface area contributed by atoms with Gasteiger partial charge in [-0.05, 0) is 36.4 Å². The minimum absolute atomic E-state index is 0.0215. The van der Waals surface area contributed by atoms with Crippen LogP contribution >= 0.6 is 0 Å². The molecule has 1 aromatic heterocycles. The molecule has 0 atom stereocenters. The van der Waals surface area contributed by atoms with Crippen LogP contribution in [0.4, 0.5) is 5.69 Å². The molecule has 0 spiro atoms. The highest BCUT2D eigenvalue weighted by Gasteiger charge is 2.15. The molecular formula is C19H20N4O6S. The summed E-state index contributed by atoms with van der Waals surface area (Å²) in [4.78, 5) is 16.6. The molecule has 0 aliphatic heterocycles. The fourth-order valence-corrected chi connectivity index (χ4v) is 3.15. The van der Waals surface area contributed by atoms with Crippen LogP contribution in [-0.4, -0.2) is 44.9 Å². The number of benzene rings is 2. The van der Waals surface area contributed by atoms with Crippen molar-refractivity contribution in [3.8, 4) is 22.9 Å². The van der Waals surface area contributed by atoms with Gasteiger partial charge in [0, 0.05) is 17.3 Å². The molecule has 0 saturated heterocycles. The van der Waals surface area contributed by atoms with Gasteiger partial charge in [-0.2, -0.15) is 4.98 Å². The van der Waals surface area contributed by atoms with E-state index in [4.69, 9.17) is 14.0 Å². The summed E-state index contributed by atoms with van der Waals surface area (Å²) >= 11 is 0. The highest BCUT2D eigenvalue weighted by molar-refractivity contribution is 7.92. The number of rotatable bonds is 8. The van der Waals surface area contributed by atoms with Crippen molar-refractivity contribution >= 4 is 21.6 Å². The van der Waals surface area contributed by atoms with Gasteiger partial charge in [0.05, 0.1) is 32.6 Å². The molecule has 2 aromatic carbocycles. The molecule has 10 nitrogen and oxygen atoms in total. The number of amides is 1. The Hall–Kier alpha value is -3.60. The second-order valence-electron chi connectivity index (χ2n) is 6.21. The number of anilines is 1. The zero-order valence-corrected chi connectivity index (χ0v) is 17.3. The normalized spacial score (nSPS) is 11.0. The fraction of sp³-hybridized carbons (Fsp3) is 0.211. The summed E-state index contributed by atoms with van der Waals surface area (Å²) in [5, 5.41) is 6.59. The average molecular weight is 432 g/mol. The van der Waals surface area contributed by atoms with Crippen LogP contribution < -0.4 is 19.5 Å². The number of hydrogen-bond donors (Lipinski definition) is 2. The number of carbonyl (C=O) groups is 1. The van der Waals surface area contributed by atoms with E-state index < -0.39 is 10.0 Å². The molecule has 3 aromatic rings. The van der Waals surface area contributed by atoms with E-state index >= 15 is 0 Å². The van der Waals surface area contributed by atoms with Gasteiger partial charge in [-0.15, -0.1) is 0 Å². The first kappa shape index (κ1) is 21.1. The Labute approximate surface area is 173 Å². The predicted molar refractivity (Wildman–Crippen MR) is 109 cm³/mol. The van der Waals surface area contributed by atoms with Gasteiger partial charge in [-0.1, -0.05) is 5.16 Å². The largest absolute Gasteiger partial charge is 0.497 e. The van der Waals surface area contributed by atoms with E-state index in [1.165, 1.54) is 31.4 Å². The second kappa shape index (κ2) is 8.82. The standard InChI is InChI=1S/C19H20N4O6S/c1-27-14-8-9-15(16(10-14)28-2)18-21-17(29-22-18)11-20-19(24)12-4-6-13(7-5-12)23-30(3,25)26/h4-10,23H,11H2,1-3H3,(H,20,24). The maximum Gasteiger partial charge on any atom is 0.251 e. The lowest BCUT2D eigenvalue weighted by atomic mass is 10.2. The Bertz CT molecular complexity index is 1140.